The summed E-state index contributed by atoms with van der Waals surface area (Å²) in [4.78, 5) is 15.1. The summed E-state index contributed by atoms with van der Waals surface area (Å²) in [6.45, 7) is 0. The second kappa shape index (κ2) is 12.6. The summed E-state index contributed by atoms with van der Waals surface area (Å²) >= 11 is 0. The van der Waals surface area contributed by atoms with Crippen LogP contribution in [-0.2, 0) is 0 Å². The predicted octanol–water partition coefficient (Wildman–Crippen LogP) is 12.7. The summed E-state index contributed by atoms with van der Waals surface area (Å²) in [7, 11) is 0. The molecule has 1 aliphatic carbocycles. The topological polar surface area (TPSA) is 56.7 Å². The summed E-state index contributed by atoms with van der Waals surface area (Å²) in [5.74, 6) is 1.98. The third-order valence-corrected chi connectivity index (χ3v) is 10.7. The van der Waals surface area contributed by atoms with Crippen molar-refractivity contribution in [2.75, 3.05) is 0 Å². The van der Waals surface area contributed by atoms with E-state index in [0.717, 1.165) is 55.6 Å². The van der Waals surface area contributed by atoms with Gasteiger partial charge in [0.15, 0.2) is 11.6 Å². The van der Waals surface area contributed by atoms with Crippen molar-refractivity contribution < 1.29 is 4.42 Å². The lowest BCUT2D eigenvalue weighted by atomic mass is 10.0. The highest BCUT2D eigenvalue weighted by Gasteiger charge is 2.21. The van der Waals surface area contributed by atoms with E-state index in [1.165, 1.54) is 33.0 Å². The van der Waals surface area contributed by atoms with Crippen LogP contribution in [0.1, 0.15) is 11.7 Å². The standard InChI is InChI=1S/C50H32N4O/c1-4-13-32(14-5-1)36-23-26-39-40-27-24-37(33-15-6-2-7-16-33)30-44(40)54(43(39)29-36)38-25-28-41-46(31-38)55-45-22-12-21-42(47(41)45)50-52-48(34-17-8-3-9-18-34)51-49(53-50)35-19-10-11-20-35/h1-31,35H. The molecule has 3 aromatic heterocycles. The van der Waals surface area contributed by atoms with E-state index in [0.29, 0.717) is 11.6 Å². The fraction of sp³-hybridized carbons (Fsp3) is 0.0200. The van der Waals surface area contributed by atoms with Crippen LogP contribution in [-0.4, -0.2) is 19.5 Å². The van der Waals surface area contributed by atoms with E-state index in [4.69, 9.17) is 19.4 Å². The van der Waals surface area contributed by atoms with E-state index >= 15 is 0 Å². The summed E-state index contributed by atoms with van der Waals surface area (Å²) in [6.07, 6.45) is 8.31. The molecule has 0 saturated heterocycles. The highest BCUT2D eigenvalue weighted by Crippen LogP contribution is 2.41. The Morgan fingerprint density at radius 2 is 1.02 bits per heavy atom. The van der Waals surface area contributed by atoms with Crippen molar-refractivity contribution in [2.45, 2.75) is 5.92 Å². The Labute approximate surface area is 317 Å². The summed E-state index contributed by atoms with van der Waals surface area (Å²) < 4.78 is 9.08. The molecular weight excluding hydrogens is 673 g/mol. The van der Waals surface area contributed by atoms with Crippen LogP contribution in [0.15, 0.2) is 193 Å². The van der Waals surface area contributed by atoms with Gasteiger partial charge < -0.3 is 8.98 Å². The smallest absolute Gasteiger partial charge is 0.164 e. The second-order valence-electron chi connectivity index (χ2n) is 14.0. The molecule has 3 heterocycles. The third kappa shape index (κ3) is 5.28. The molecule has 55 heavy (non-hydrogen) atoms. The van der Waals surface area contributed by atoms with Gasteiger partial charge in [-0.2, -0.15) is 0 Å². The molecule has 1 aliphatic rings. The minimum atomic E-state index is -0.0110. The number of benzene rings is 7. The first-order chi connectivity index (χ1) is 27.2. The Morgan fingerprint density at radius 1 is 0.436 bits per heavy atom. The van der Waals surface area contributed by atoms with Gasteiger partial charge in [-0.15, -0.1) is 0 Å². The molecule has 0 N–H and O–H groups in total. The average Bonchev–Trinajstić information content (AvgIpc) is 4.01. The number of rotatable bonds is 6. The number of hydrogen-bond donors (Lipinski definition) is 0. The lowest BCUT2D eigenvalue weighted by molar-refractivity contribution is 0.668. The van der Waals surface area contributed by atoms with Gasteiger partial charge in [-0.25, -0.2) is 15.0 Å². The van der Waals surface area contributed by atoms with Gasteiger partial charge in [0.1, 0.15) is 17.0 Å². The molecular formula is C50H32N4O. The Bertz CT molecular complexity index is 3030. The van der Waals surface area contributed by atoms with Crippen LogP contribution >= 0.6 is 0 Å². The molecule has 7 aromatic carbocycles. The van der Waals surface area contributed by atoms with Crippen molar-refractivity contribution in [2.24, 2.45) is 0 Å². The third-order valence-electron chi connectivity index (χ3n) is 10.7. The van der Waals surface area contributed by atoms with Crippen molar-refractivity contribution in [3.8, 4) is 50.7 Å². The number of nitrogens with zero attached hydrogens (tertiary/aromatic N) is 4. The van der Waals surface area contributed by atoms with Gasteiger partial charge in [0.25, 0.3) is 0 Å². The van der Waals surface area contributed by atoms with Crippen LogP contribution in [0, 0.1) is 0 Å². The van der Waals surface area contributed by atoms with Crippen LogP contribution in [0.2, 0.25) is 0 Å². The highest BCUT2D eigenvalue weighted by molar-refractivity contribution is 6.14. The Morgan fingerprint density at radius 3 is 1.65 bits per heavy atom. The predicted molar refractivity (Wildman–Crippen MR) is 224 cm³/mol. The maximum absolute atomic E-state index is 6.70. The summed E-state index contributed by atoms with van der Waals surface area (Å²) in [6, 6.07) is 57.5. The molecule has 0 spiro atoms. The largest absolute Gasteiger partial charge is 0.456 e. The van der Waals surface area contributed by atoms with Crippen molar-refractivity contribution >= 4 is 43.7 Å². The Kier molecular flexibility index (Phi) is 7.17. The van der Waals surface area contributed by atoms with Crippen molar-refractivity contribution in [3.05, 3.63) is 194 Å². The number of furan rings is 1. The Balaban J connectivity index is 1.12. The maximum atomic E-state index is 6.70. The lowest BCUT2D eigenvalue weighted by Gasteiger charge is -2.11. The van der Waals surface area contributed by atoms with Gasteiger partial charge in [-0.1, -0.05) is 152 Å². The zero-order valence-electron chi connectivity index (χ0n) is 29.7. The van der Waals surface area contributed by atoms with Crippen LogP contribution < -0.4 is 0 Å². The fourth-order valence-corrected chi connectivity index (χ4v) is 8.04. The molecule has 11 rings (SSSR count). The molecule has 0 radical (unpaired) electrons. The van der Waals surface area contributed by atoms with E-state index in [1.54, 1.807) is 0 Å². The summed E-state index contributed by atoms with van der Waals surface area (Å²) in [5, 5.41) is 4.40. The Hall–Kier alpha value is -7.37. The second-order valence-corrected chi connectivity index (χ2v) is 14.0. The average molecular weight is 705 g/mol. The van der Waals surface area contributed by atoms with Gasteiger partial charge in [0, 0.05) is 44.4 Å². The number of hydrogen-bond acceptors (Lipinski definition) is 4. The molecule has 0 fully saturated rings. The van der Waals surface area contributed by atoms with E-state index in [2.05, 4.69) is 138 Å². The monoisotopic (exact) mass is 704 g/mol. The number of aromatic nitrogens is 4. The van der Waals surface area contributed by atoms with Gasteiger partial charge in [0.05, 0.1) is 17.0 Å². The SMILES string of the molecule is C1=CC(c2nc(-c3ccccc3)nc(-c3cccc4oc5cc(-n6c7cc(-c8ccccc8)ccc7c7ccc(-c8ccccc8)cc76)ccc5c34)n2)C=C1. The fourth-order valence-electron chi connectivity index (χ4n) is 8.04. The van der Waals surface area contributed by atoms with Gasteiger partial charge in [-0.3, -0.25) is 0 Å². The molecule has 258 valence electrons. The minimum Gasteiger partial charge on any atom is -0.456 e. The van der Waals surface area contributed by atoms with Gasteiger partial charge in [0.2, 0.25) is 0 Å². The van der Waals surface area contributed by atoms with E-state index in [1.807, 2.05) is 54.6 Å². The van der Waals surface area contributed by atoms with Crippen molar-refractivity contribution in [1.82, 2.24) is 19.5 Å². The van der Waals surface area contributed by atoms with Crippen LogP contribution in [0.3, 0.4) is 0 Å². The molecule has 0 amide bonds. The molecule has 0 bridgehead atoms. The first-order valence-electron chi connectivity index (χ1n) is 18.6. The molecule has 0 saturated carbocycles. The number of fused-ring (bicyclic) bond motifs is 6. The van der Waals surface area contributed by atoms with Crippen LogP contribution in [0.25, 0.3) is 94.5 Å². The molecule has 0 aliphatic heterocycles. The minimum absolute atomic E-state index is 0.0110. The highest BCUT2D eigenvalue weighted by atomic mass is 16.3. The quantitative estimate of drug-likeness (QED) is 0.173. The van der Waals surface area contributed by atoms with Crippen LogP contribution in [0.4, 0.5) is 0 Å². The van der Waals surface area contributed by atoms with Crippen molar-refractivity contribution in [1.29, 1.82) is 0 Å². The maximum Gasteiger partial charge on any atom is 0.164 e. The molecule has 10 aromatic rings. The van der Waals surface area contributed by atoms with Crippen molar-refractivity contribution in [3.63, 3.8) is 0 Å². The van der Waals surface area contributed by atoms with E-state index in [9.17, 15) is 0 Å². The first kappa shape index (κ1) is 31.2. The molecule has 0 atom stereocenters. The van der Waals surface area contributed by atoms with E-state index in [-0.39, 0.29) is 5.92 Å². The van der Waals surface area contributed by atoms with Gasteiger partial charge >= 0.3 is 0 Å². The summed E-state index contributed by atoms with van der Waals surface area (Å²) in [5.41, 5.74) is 11.5. The van der Waals surface area contributed by atoms with Crippen LogP contribution in [0.5, 0.6) is 0 Å². The zero-order valence-corrected chi connectivity index (χ0v) is 29.7. The molecule has 5 nitrogen and oxygen atoms in total. The van der Waals surface area contributed by atoms with E-state index < -0.39 is 0 Å². The normalized spacial score (nSPS) is 12.9. The number of allylic oxidation sites excluding steroid dienone is 4. The lowest BCUT2D eigenvalue weighted by Crippen LogP contribution is -2.05. The first-order valence-corrected chi connectivity index (χ1v) is 18.6. The van der Waals surface area contributed by atoms with Gasteiger partial charge in [-0.05, 0) is 52.6 Å². The molecule has 5 heteroatoms. The molecule has 0 unspecified atom stereocenters. The zero-order chi connectivity index (χ0) is 36.3.